The molecule has 0 aliphatic heterocycles. The monoisotopic (exact) mass is 274 g/mol. The molecule has 0 atom stereocenters. The van der Waals surface area contributed by atoms with Crippen molar-refractivity contribution in [1.29, 1.82) is 0 Å². The average molecular weight is 275 g/mol. The second kappa shape index (κ2) is 5.79. The van der Waals surface area contributed by atoms with Crippen LogP contribution in [0.25, 0.3) is 10.8 Å². The summed E-state index contributed by atoms with van der Waals surface area (Å²) in [6, 6.07) is 11.2. The highest BCUT2D eigenvalue weighted by Crippen LogP contribution is 2.31. The third-order valence-corrected chi connectivity index (χ3v) is 4.18. The number of hydrogen-bond donors (Lipinski definition) is 0. The number of halogens is 1. The van der Waals surface area contributed by atoms with E-state index >= 15 is 0 Å². The van der Waals surface area contributed by atoms with Crippen LogP contribution in [0.15, 0.2) is 36.5 Å². The molecule has 3 heteroatoms. The van der Waals surface area contributed by atoms with Gasteiger partial charge in [0.2, 0.25) is 0 Å². The maximum absolute atomic E-state index is 6.01. The predicted octanol–water partition coefficient (Wildman–Crippen LogP) is 4.22. The van der Waals surface area contributed by atoms with E-state index in [1.165, 1.54) is 36.5 Å². The Morgan fingerprint density at radius 2 is 1.95 bits per heavy atom. The third-order valence-electron chi connectivity index (χ3n) is 4.02. The second-order valence-corrected chi connectivity index (χ2v) is 5.55. The second-order valence-electron chi connectivity index (χ2n) is 5.18. The lowest BCUT2D eigenvalue weighted by Gasteiger charge is -2.30. The van der Waals surface area contributed by atoms with Crippen molar-refractivity contribution in [2.45, 2.75) is 31.7 Å². The molecule has 1 aliphatic rings. The van der Waals surface area contributed by atoms with Gasteiger partial charge in [0.25, 0.3) is 0 Å². The van der Waals surface area contributed by atoms with Gasteiger partial charge in [-0.15, -0.1) is 11.6 Å². The van der Waals surface area contributed by atoms with Gasteiger partial charge in [0.1, 0.15) is 5.82 Å². The van der Waals surface area contributed by atoms with Crippen LogP contribution in [0, 0.1) is 0 Å². The van der Waals surface area contributed by atoms with Crippen molar-refractivity contribution in [3.8, 4) is 0 Å². The van der Waals surface area contributed by atoms with Gasteiger partial charge in [0.05, 0.1) is 0 Å². The van der Waals surface area contributed by atoms with E-state index in [9.17, 15) is 0 Å². The summed E-state index contributed by atoms with van der Waals surface area (Å²) in [5.41, 5.74) is 0. The zero-order valence-electron chi connectivity index (χ0n) is 11.1. The molecular formula is C16H19ClN2. The fraction of sp³-hybridized carbons (Fsp3) is 0.438. The van der Waals surface area contributed by atoms with E-state index in [0.717, 1.165) is 12.4 Å². The van der Waals surface area contributed by atoms with Gasteiger partial charge in [-0.3, -0.25) is 0 Å². The molecule has 100 valence electrons. The number of nitrogens with zero attached hydrogens (tertiary/aromatic N) is 2. The molecule has 0 bridgehead atoms. The van der Waals surface area contributed by atoms with Crippen molar-refractivity contribution in [1.82, 2.24) is 4.98 Å². The van der Waals surface area contributed by atoms with E-state index in [4.69, 9.17) is 11.6 Å². The van der Waals surface area contributed by atoms with Crippen molar-refractivity contribution >= 4 is 28.2 Å². The Labute approximate surface area is 119 Å². The molecule has 0 spiro atoms. The molecule has 0 unspecified atom stereocenters. The number of alkyl halides is 1. The highest BCUT2D eigenvalue weighted by Gasteiger charge is 2.24. The molecule has 0 saturated heterocycles. The number of fused-ring (bicyclic) bond motifs is 1. The van der Waals surface area contributed by atoms with Gasteiger partial charge in [0.15, 0.2) is 0 Å². The Morgan fingerprint density at radius 1 is 1.16 bits per heavy atom. The smallest absolute Gasteiger partial charge is 0.136 e. The molecule has 1 aromatic carbocycles. The van der Waals surface area contributed by atoms with Crippen LogP contribution >= 0.6 is 11.6 Å². The Balaban J connectivity index is 2.03. The quantitative estimate of drug-likeness (QED) is 0.776. The van der Waals surface area contributed by atoms with Crippen LogP contribution in [-0.2, 0) is 0 Å². The molecule has 19 heavy (non-hydrogen) atoms. The van der Waals surface area contributed by atoms with Crippen LogP contribution in [0.5, 0.6) is 0 Å². The number of rotatable bonds is 4. The van der Waals surface area contributed by atoms with Crippen molar-refractivity contribution in [3.05, 3.63) is 36.5 Å². The minimum atomic E-state index is 0.608. The lowest BCUT2D eigenvalue weighted by atomic mass is 10.1. The van der Waals surface area contributed by atoms with E-state index in [1.54, 1.807) is 0 Å². The van der Waals surface area contributed by atoms with Gasteiger partial charge in [-0.2, -0.15) is 0 Å². The van der Waals surface area contributed by atoms with Crippen molar-refractivity contribution < 1.29 is 0 Å². The minimum Gasteiger partial charge on any atom is -0.352 e. The summed E-state index contributed by atoms with van der Waals surface area (Å²) in [6.07, 6.45) is 7.10. The molecule has 2 aromatic rings. The Morgan fingerprint density at radius 3 is 2.74 bits per heavy atom. The van der Waals surface area contributed by atoms with Crippen LogP contribution in [0.4, 0.5) is 5.82 Å². The molecule has 1 aliphatic carbocycles. The first-order valence-corrected chi connectivity index (χ1v) is 7.60. The third kappa shape index (κ3) is 2.55. The van der Waals surface area contributed by atoms with E-state index in [2.05, 4.69) is 40.2 Å². The zero-order valence-corrected chi connectivity index (χ0v) is 11.8. The van der Waals surface area contributed by atoms with Crippen LogP contribution in [0.2, 0.25) is 0 Å². The Kier molecular flexibility index (Phi) is 3.88. The van der Waals surface area contributed by atoms with E-state index in [-0.39, 0.29) is 0 Å². The fourth-order valence-corrected chi connectivity index (χ4v) is 3.28. The number of hydrogen-bond acceptors (Lipinski definition) is 2. The average Bonchev–Trinajstić information content (AvgIpc) is 2.98. The molecule has 1 aromatic heterocycles. The van der Waals surface area contributed by atoms with Gasteiger partial charge in [-0.1, -0.05) is 37.1 Å². The van der Waals surface area contributed by atoms with Gasteiger partial charge in [-0.25, -0.2) is 4.98 Å². The Bertz CT molecular complexity index is 544. The lowest BCUT2D eigenvalue weighted by molar-refractivity contribution is 0.616. The molecular weight excluding hydrogens is 256 g/mol. The number of aromatic nitrogens is 1. The van der Waals surface area contributed by atoms with Crippen LogP contribution in [-0.4, -0.2) is 23.5 Å². The molecule has 0 amide bonds. The standard InChI is InChI=1S/C16H19ClN2/c17-10-12-19(14-6-2-3-7-14)16-15-8-4-1-5-13(15)9-11-18-16/h1,4-5,8-9,11,14H,2-3,6-7,10,12H2. The number of benzene rings is 1. The first kappa shape index (κ1) is 12.7. The molecule has 0 radical (unpaired) electrons. The summed E-state index contributed by atoms with van der Waals surface area (Å²) in [7, 11) is 0. The molecule has 1 fully saturated rings. The molecule has 1 heterocycles. The minimum absolute atomic E-state index is 0.608. The van der Waals surface area contributed by atoms with Crippen molar-refractivity contribution in [2.75, 3.05) is 17.3 Å². The number of pyridine rings is 1. The summed E-state index contributed by atoms with van der Waals surface area (Å²) in [6.45, 7) is 0.882. The first-order chi connectivity index (χ1) is 9.40. The first-order valence-electron chi connectivity index (χ1n) is 7.06. The van der Waals surface area contributed by atoms with Crippen molar-refractivity contribution in [3.63, 3.8) is 0 Å². The summed E-state index contributed by atoms with van der Waals surface area (Å²) < 4.78 is 0. The summed E-state index contributed by atoms with van der Waals surface area (Å²) in [5, 5.41) is 2.49. The van der Waals surface area contributed by atoms with E-state index < -0.39 is 0 Å². The topological polar surface area (TPSA) is 16.1 Å². The maximum Gasteiger partial charge on any atom is 0.136 e. The summed E-state index contributed by atoms with van der Waals surface area (Å²) in [5.74, 6) is 1.76. The predicted molar refractivity (Wildman–Crippen MR) is 82.1 cm³/mol. The zero-order chi connectivity index (χ0) is 13.1. The number of anilines is 1. The molecule has 0 N–H and O–H groups in total. The van der Waals surface area contributed by atoms with Gasteiger partial charge >= 0.3 is 0 Å². The van der Waals surface area contributed by atoms with Gasteiger partial charge < -0.3 is 4.90 Å². The van der Waals surface area contributed by atoms with Gasteiger partial charge in [0, 0.05) is 30.0 Å². The SMILES string of the molecule is ClCCN(c1nccc2ccccc12)C1CCCC1. The summed E-state index contributed by atoms with van der Waals surface area (Å²) >= 11 is 6.01. The fourth-order valence-electron chi connectivity index (χ4n) is 3.10. The summed E-state index contributed by atoms with van der Waals surface area (Å²) in [4.78, 5) is 7.06. The normalized spacial score (nSPS) is 16.1. The van der Waals surface area contributed by atoms with Crippen LogP contribution in [0.3, 0.4) is 0 Å². The van der Waals surface area contributed by atoms with Crippen LogP contribution in [0.1, 0.15) is 25.7 Å². The molecule has 3 rings (SSSR count). The highest BCUT2D eigenvalue weighted by atomic mass is 35.5. The highest BCUT2D eigenvalue weighted by molar-refractivity contribution is 6.18. The van der Waals surface area contributed by atoms with Gasteiger partial charge in [-0.05, 0) is 24.3 Å². The van der Waals surface area contributed by atoms with E-state index in [1.807, 2.05) is 6.20 Å². The lowest BCUT2D eigenvalue weighted by Crippen LogP contribution is -2.35. The Hall–Kier alpha value is -1.28. The molecule has 2 nitrogen and oxygen atoms in total. The van der Waals surface area contributed by atoms with Crippen LogP contribution < -0.4 is 4.90 Å². The largest absolute Gasteiger partial charge is 0.352 e. The van der Waals surface area contributed by atoms with E-state index in [0.29, 0.717) is 11.9 Å². The molecule has 1 saturated carbocycles. The maximum atomic E-state index is 6.01. The van der Waals surface area contributed by atoms with Crippen molar-refractivity contribution in [2.24, 2.45) is 0 Å².